The van der Waals surface area contributed by atoms with Crippen LogP contribution in [0.15, 0.2) is 29.2 Å². The van der Waals surface area contributed by atoms with Crippen molar-refractivity contribution in [2.24, 2.45) is 5.92 Å². The Morgan fingerprint density at radius 2 is 1.62 bits per heavy atom. The van der Waals surface area contributed by atoms with E-state index in [1.165, 1.54) is 4.31 Å². The molecule has 0 aromatic heterocycles. The van der Waals surface area contributed by atoms with Crippen molar-refractivity contribution in [3.63, 3.8) is 0 Å². The number of piperazine rings is 1. The van der Waals surface area contributed by atoms with Gasteiger partial charge in [0, 0.05) is 45.3 Å². The van der Waals surface area contributed by atoms with Crippen molar-refractivity contribution in [2.75, 3.05) is 39.4 Å². The number of carbonyl (C=O) groups is 1. The Balaban J connectivity index is 1.62. The molecule has 1 aromatic rings. The summed E-state index contributed by atoms with van der Waals surface area (Å²) in [4.78, 5) is 14.6. The highest BCUT2D eigenvalue weighted by molar-refractivity contribution is 7.89. The summed E-state index contributed by atoms with van der Waals surface area (Å²) in [6.45, 7) is 4.83. The van der Waals surface area contributed by atoms with E-state index in [2.05, 4.69) is 0 Å². The molecule has 1 amide bonds. The highest BCUT2D eigenvalue weighted by atomic mass is 32.2. The maximum Gasteiger partial charge on any atom is 0.243 e. The second-order valence-electron chi connectivity index (χ2n) is 6.43. The number of sulfonamides is 1. The molecule has 2 saturated heterocycles. The van der Waals surface area contributed by atoms with Gasteiger partial charge in [0.15, 0.2) is 0 Å². The van der Waals surface area contributed by atoms with Crippen molar-refractivity contribution in [1.29, 1.82) is 0 Å². The van der Waals surface area contributed by atoms with E-state index in [1.54, 1.807) is 29.2 Å². The fraction of sp³-hybridized carbons (Fsp3) is 0.588. The van der Waals surface area contributed by atoms with E-state index in [0.29, 0.717) is 44.3 Å². The largest absolute Gasteiger partial charge is 0.381 e. The van der Waals surface area contributed by atoms with Crippen LogP contribution in [0.25, 0.3) is 0 Å². The second kappa shape index (κ2) is 7.21. The van der Waals surface area contributed by atoms with E-state index in [9.17, 15) is 13.2 Å². The van der Waals surface area contributed by atoms with E-state index >= 15 is 0 Å². The number of amides is 1. The van der Waals surface area contributed by atoms with Gasteiger partial charge in [0.05, 0.1) is 4.90 Å². The van der Waals surface area contributed by atoms with Crippen LogP contribution in [-0.4, -0.2) is 62.9 Å². The summed E-state index contributed by atoms with van der Waals surface area (Å²) in [5, 5.41) is 0. The first-order chi connectivity index (χ1) is 11.5. The predicted molar refractivity (Wildman–Crippen MR) is 90.1 cm³/mol. The Kier molecular flexibility index (Phi) is 5.22. The molecule has 0 spiro atoms. The van der Waals surface area contributed by atoms with Crippen molar-refractivity contribution in [1.82, 2.24) is 9.21 Å². The molecule has 0 atom stereocenters. The minimum atomic E-state index is -3.48. The maximum absolute atomic E-state index is 12.7. The van der Waals surface area contributed by atoms with Gasteiger partial charge >= 0.3 is 0 Å². The van der Waals surface area contributed by atoms with Gasteiger partial charge in [-0.2, -0.15) is 4.31 Å². The zero-order valence-corrected chi connectivity index (χ0v) is 14.8. The SMILES string of the molecule is Cc1ccc(S(=O)(=O)N2CCN(C(=O)C3CCOCC3)CC2)cc1. The smallest absolute Gasteiger partial charge is 0.243 e. The molecule has 132 valence electrons. The fourth-order valence-corrected chi connectivity index (χ4v) is 4.63. The summed E-state index contributed by atoms with van der Waals surface area (Å²) in [6.07, 6.45) is 1.53. The van der Waals surface area contributed by atoms with Crippen molar-refractivity contribution < 1.29 is 17.9 Å². The number of rotatable bonds is 3. The van der Waals surface area contributed by atoms with Crippen LogP contribution in [-0.2, 0) is 19.6 Å². The normalized spacial score (nSPS) is 21.0. The zero-order valence-electron chi connectivity index (χ0n) is 14.0. The Morgan fingerprint density at radius 3 is 2.21 bits per heavy atom. The van der Waals surface area contributed by atoms with Crippen LogP contribution in [0.1, 0.15) is 18.4 Å². The van der Waals surface area contributed by atoms with Gasteiger partial charge in [-0.25, -0.2) is 8.42 Å². The number of ether oxygens (including phenoxy) is 1. The molecule has 0 N–H and O–H groups in total. The Labute approximate surface area is 143 Å². The molecule has 0 saturated carbocycles. The summed E-state index contributed by atoms with van der Waals surface area (Å²) in [7, 11) is -3.48. The fourth-order valence-electron chi connectivity index (χ4n) is 3.21. The lowest BCUT2D eigenvalue weighted by molar-refractivity contribution is -0.139. The average Bonchev–Trinajstić information content (AvgIpc) is 2.62. The van der Waals surface area contributed by atoms with Crippen LogP contribution < -0.4 is 0 Å². The highest BCUT2D eigenvalue weighted by Crippen LogP contribution is 2.21. The van der Waals surface area contributed by atoms with E-state index in [1.807, 2.05) is 6.92 Å². The summed E-state index contributed by atoms with van der Waals surface area (Å²) in [5.41, 5.74) is 1.03. The van der Waals surface area contributed by atoms with Gasteiger partial charge < -0.3 is 9.64 Å². The van der Waals surface area contributed by atoms with Crippen LogP contribution in [0.5, 0.6) is 0 Å². The quantitative estimate of drug-likeness (QED) is 0.821. The topological polar surface area (TPSA) is 66.9 Å². The molecular formula is C17H24N2O4S. The highest BCUT2D eigenvalue weighted by Gasteiger charge is 2.32. The van der Waals surface area contributed by atoms with E-state index in [-0.39, 0.29) is 11.8 Å². The van der Waals surface area contributed by atoms with Crippen LogP contribution in [0.3, 0.4) is 0 Å². The lowest BCUT2D eigenvalue weighted by atomic mass is 9.98. The molecule has 2 aliphatic rings. The number of aryl methyl sites for hydroxylation is 1. The number of hydrogen-bond acceptors (Lipinski definition) is 4. The molecule has 3 rings (SSSR count). The van der Waals surface area contributed by atoms with E-state index < -0.39 is 10.0 Å². The Morgan fingerprint density at radius 1 is 1.04 bits per heavy atom. The number of carbonyl (C=O) groups excluding carboxylic acids is 1. The number of benzene rings is 1. The summed E-state index contributed by atoms with van der Waals surface area (Å²) >= 11 is 0. The molecule has 1 aromatic carbocycles. The third-order valence-electron chi connectivity index (χ3n) is 4.78. The molecule has 6 nitrogen and oxygen atoms in total. The first-order valence-electron chi connectivity index (χ1n) is 8.42. The van der Waals surface area contributed by atoms with Gasteiger partial charge in [-0.3, -0.25) is 4.79 Å². The Bertz CT molecular complexity index is 673. The third-order valence-corrected chi connectivity index (χ3v) is 6.69. The monoisotopic (exact) mass is 352 g/mol. The first-order valence-corrected chi connectivity index (χ1v) is 9.86. The van der Waals surface area contributed by atoms with Crippen molar-refractivity contribution in [3.05, 3.63) is 29.8 Å². The molecule has 7 heteroatoms. The zero-order chi connectivity index (χ0) is 17.2. The molecule has 0 unspecified atom stereocenters. The maximum atomic E-state index is 12.7. The van der Waals surface area contributed by atoms with Crippen LogP contribution in [0.4, 0.5) is 0 Å². The summed E-state index contributed by atoms with van der Waals surface area (Å²) < 4.78 is 32.1. The van der Waals surface area contributed by atoms with Gasteiger partial charge in [-0.1, -0.05) is 17.7 Å². The van der Waals surface area contributed by atoms with Gasteiger partial charge in [0.2, 0.25) is 15.9 Å². The summed E-state index contributed by atoms with van der Waals surface area (Å²) in [5.74, 6) is 0.171. The summed E-state index contributed by atoms with van der Waals surface area (Å²) in [6, 6.07) is 6.89. The Hall–Kier alpha value is -1.44. The minimum absolute atomic E-state index is 0.0269. The molecule has 2 fully saturated rings. The first kappa shape index (κ1) is 17.4. The number of nitrogens with zero attached hydrogens (tertiary/aromatic N) is 2. The van der Waals surface area contributed by atoms with Gasteiger partial charge in [-0.05, 0) is 31.9 Å². The lowest BCUT2D eigenvalue weighted by Crippen LogP contribution is -2.52. The molecule has 2 heterocycles. The van der Waals surface area contributed by atoms with Crippen LogP contribution >= 0.6 is 0 Å². The van der Waals surface area contributed by atoms with Crippen molar-refractivity contribution >= 4 is 15.9 Å². The van der Waals surface area contributed by atoms with Gasteiger partial charge in [0.1, 0.15) is 0 Å². The molecule has 0 radical (unpaired) electrons. The molecular weight excluding hydrogens is 328 g/mol. The minimum Gasteiger partial charge on any atom is -0.381 e. The molecule has 2 aliphatic heterocycles. The number of hydrogen-bond donors (Lipinski definition) is 0. The molecule has 0 bridgehead atoms. The second-order valence-corrected chi connectivity index (χ2v) is 8.37. The van der Waals surface area contributed by atoms with Gasteiger partial charge in [0.25, 0.3) is 0 Å². The van der Waals surface area contributed by atoms with E-state index in [0.717, 1.165) is 18.4 Å². The van der Waals surface area contributed by atoms with E-state index in [4.69, 9.17) is 4.74 Å². The van der Waals surface area contributed by atoms with Crippen LogP contribution in [0.2, 0.25) is 0 Å². The molecule has 24 heavy (non-hydrogen) atoms. The van der Waals surface area contributed by atoms with Crippen molar-refractivity contribution in [3.8, 4) is 0 Å². The predicted octanol–water partition coefficient (Wildman–Crippen LogP) is 1.25. The standard InChI is InChI=1S/C17H24N2O4S/c1-14-2-4-16(5-3-14)24(21,22)19-10-8-18(9-11-19)17(20)15-6-12-23-13-7-15/h2-5,15H,6-13H2,1H3. The van der Waals surface area contributed by atoms with Gasteiger partial charge in [-0.15, -0.1) is 0 Å². The van der Waals surface area contributed by atoms with Crippen LogP contribution in [0, 0.1) is 12.8 Å². The lowest BCUT2D eigenvalue weighted by Gasteiger charge is -2.36. The van der Waals surface area contributed by atoms with Crippen molar-refractivity contribution in [2.45, 2.75) is 24.7 Å². The average molecular weight is 352 g/mol. The third kappa shape index (κ3) is 3.63. The molecule has 0 aliphatic carbocycles.